The molecule has 3 heterocycles. The first-order chi connectivity index (χ1) is 18.6. The number of hydrogen-bond acceptors (Lipinski definition) is 6. The minimum atomic E-state index is -0.480. The van der Waals surface area contributed by atoms with E-state index in [-0.39, 0.29) is 23.5 Å². The van der Waals surface area contributed by atoms with Gasteiger partial charge in [0.25, 0.3) is 5.91 Å². The molecular formula is C31H46N4O4. The van der Waals surface area contributed by atoms with Gasteiger partial charge in [0.05, 0.1) is 6.26 Å². The number of nitrogens with zero attached hydrogens (tertiary/aromatic N) is 3. The van der Waals surface area contributed by atoms with E-state index < -0.39 is 5.60 Å². The lowest BCUT2D eigenvalue weighted by Crippen LogP contribution is -2.48. The maximum atomic E-state index is 13.4. The zero-order valence-corrected chi connectivity index (χ0v) is 24.2. The van der Waals surface area contributed by atoms with Crippen molar-refractivity contribution in [1.82, 2.24) is 15.2 Å². The van der Waals surface area contributed by atoms with Crippen molar-refractivity contribution in [3.05, 3.63) is 48.0 Å². The highest BCUT2D eigenvalue weighted by molar-refractivity contribution is 6.04. The summed E-state index contributed by atoms with van der Waals surface area (Å²) in [7, 11) is 0. The van der Waals surface area contributed by atoms with Gasteiger partial charge in [0, 0.05) is 31.9 Å². The number of hydrogen-bond donors (Lipinski definition) is 1. The number of alkyl carbamates (subject to hydrolysis) is 1. The summed E-state index contributed by atoms with van der Waals surface area (Å²) in [5.74, 6) is 0.895. The standard InChI is InChI=1S/C31H46N4O4/c1-24-10-11-27(33-23-24)35(28(36)26-9-8-22-38-26)25-12-19-34(20-13-25)21-17-31(14-6-5-7-15-31)16-18-32-29(37)39-30(2,3)4/h8-11,22-23,25H,5-7,12-21H2,1-4H3,(H,32,37). The van der Waals surface area contributed by atoms with Crippen LogP contribution in [0.25, 0.3) is 0 Å². The predicted octanol–water partition coefficient (Wildman–Crippen LogP) is 6.35. The molecule has 1 aliphatic heterocycles. The fourth-order valence-electron chi connectivity index (χ4n) is 6.05. The number of ether oxygens (including phenoxy) is 1. The number of pyridine rings is 1. The molecule has 0 bridgehead atoms. The summed E-state index contributed by atoms with van der Waals surface area (Å²) >= 11 is 0. The number of amides is 2. The average Bonchev–Trinajstić information content (AvgIpc) is 3.44. The lowest BCUT2D eigenvalue weighted by Gasteiger charge is -2.41. The van der Waals surface area contributed by atoms with Crippen LogP contribution in [0.5, 0.6) is 0 Å². The molecule has 8 heteroatoms. The van der Waals surface area contributed by atoms with Crippen molar-refractivity contribution in [3.63, 3.8) is 0 Å². The maximum absolute atomic E-state index is 13.4. The minimum absolute atomic E-state index is 0.0794. The third kappa shape index (κ3) is 8.31. The van der Waals surface area contributed by atoms with Gasteiger partial charge in [0.15, 0.2) is 5.76 Å². The topological polar surface area (TPSA) is 87.9 Å². The molecule has 0 unspecified atom stereocenters. The molecule has 2 fully saturated rings. The Hall–Kier alpha value is -2.87. The van der Waals surface area contributed by atoms with E-state index in [1.165, 1.54) is 32.1 Å². The number of anilines is 1. The highest BCUT2D eigenvalue weighted by atomic mass is 16.6. The van der Waals surface area contributed by atoms with Crippen molar-refractivity contribution in [2.24, 2.45) is 5.41 Å². The molecule has 2 aromatic heterocycles. The molecule has 8 nitrogen and oxygen atoms in total. The molecule has 2 amide bonds. The van der Waals surface area contributed by atoms with E-state index in [9.17, 15) is 9.59 Å². The van der Waals surface area contributed by atoms with Crippen LogP contribution in [0.1, 0.15) is 94.7 Å². The third-order valence-corrected chi connectivity index (χ3v) is 8.21. The lowest BCUT2D eigenvalue weighted by atomic mass is 9.69. The van der Waals surface area contributed by atoms with E-state index in [0.717, 1.165) is 50.9 Å². The highest BCUT2D eigenvalue weighted by Gasteiger charge is 2.35. The van der Waals surface area contributed by atoms with E-state index in [1.54, 1.807) is 18.4 Å². The fraction of sp³-hybridized carbons (Fsp3) is 0.645. The second kappa shape index (κ2) is 13.0. The van der Waals surface area contributed by atoms with Crippen LogP contribution in [0.3, 0.4) is 0 Å². The number of rotatable bonds is 9. The number of likely N-dealkylation sites (tertiary alicyclic amines) is 1. The van der Waals surface area contributed by atoms with Crippen LogP contribution in [0.4, 0.5) is 10.6 Å². The molecule has 2 aliphatic rings. The number of carbonyl (C=O) groups excluding carboxylic acids is 2. The first-order valence-electron chi connectivity index (χ1n) is 14.6. The summed E-state index contributed by atoms with van der Waals surface area (Å²) in [6.07, 6.45) is 13.2. The SMILES string of the molecule is Cc1ccc(N(C(=O)c2ccco2)C2CCN(CCC3(CCNC(=O)OC(C)(C)C)CCCCC3)CC2)nc1. The second-order valence-corrected chi connectivity index (χ2v) is 12.4. The van der Waals surface area contributed by atoms with Gasteiger partial charge in [0.2, 0.25) is 0 Å². The summed E-state index contributed by atoms with van der Waals surface area (Å²) in [6.45, 7) is 11.3. The molecule has 0 aromatic carbocycles. The molecule has 4 rings (SSSR count). The molecule has 0 atom stereocenters. The van der Waals surface area contributed by atoms with E-state index >= 15 is 0 Å². The van der Waals surface area contributed by atoms with Crippen molar-refractivity contribution >= 4 is 17.8 Å². The van der Waals surface area contributed by atoms with Gasteiger partial charge in [-0.25, -0.2) is 9.78 Å². The summed E-state index contributed by atoms with van der Waals surface area (Å²) < 4.78 is 10.9. The molecule has 1 N–H and O–H groups in total. The van der Waals surface area contributed by atoms with Crippen molar-refractivity contribution in [2.45, 2.75) is 97.1 Å². The molecule has 0 spiro atoms. The largest absolute Gasteiger partial charge is 0.459 e. The summed E-state index contributed by atoms with van der Waals surface area (Å²) in [4.78, 5) is 34.5. The summed E-state index contributed by atoms with van der Waals surface area (Å²) in [5, 5.41) is 2.98. The normalized spacial score (nSPS) is 18.5. The molecule has 2 aromatic rings. The van der Waals surface area contributed by atoms with Gasteiger partial charge in [-0.1, -0.05) is 25.3 Å². The van der Waals surface area contributed by atoms with Crippen molar-refractivity contribution in [3.8, 4) is 0 Å². The molecule has 1 aliphatic carbocycles. The van der Waals surface area contributed by atoms with Crippen molar-refractivity contribution in [2.75, 3.05) is 31.1 Å². The Morgan fingerprint density at radius 1 is 1.13 bits per heavy atom. The van der Waals surface area contributed by atoms with Gasteiger partial charge in [-0.05, 0) is 102 Å². The monoisotopic (exact) mass is 538 g/mol. The van der Waals surface area contributed by atoms with Crippen LogP contribution in [0.15, 0.2) is 41.1 Å². The first kappa shape index (κ1) is 29.1. The second-order valence-electron chi connectivity index (χ2n) is 12.4. The van der Waals surface area contributed by atoms with Crippen molar-refractivity contribution in [1.29, 1.82) is 0 Å². The number of piperidine rings is 1. The van der Waals surface area contributed by atoms with Crippen LogP contribution in [-0.2, 0) is 4.74 Å². The van der Waals surface area contributed by atoms with Crippen LogP contribution in [0, 0.1) is 12.3 Å². The van der Waals surface area contributed by atoms with Gasteiger partial charge in [-0.2, -0.15) is 0 Å². The van der Waals surface area contributed by atoms with Crippen LogP contribution < -0.4 is 10.2 Å². The number of aryl methyl sites for hydroxylation is 1. The Kier molecular flexibility index (Phi) is 9.70. The molecular weight excluding hydrogens is 492 g/mol. The van der Waals surface area contributed by atoms with Crippen LogP contribution in [0.2, 0.25) is 0 Å². The third-order valence-electron chi connectivity index (χ3n) is 8.21. The fourth-order valence-corrected chi connectivity index (χ4v) is 6.05. The van der Waals surface area contributed by atoms with Gasteiger partial charge in [-0.3, -0.25) is 9.69 Å². The quantitative estimate of drug-likeness (QED) is 0.400. The summed E-state index contributed by atoms with van der Waals surface area (Å²) in [5.41, 5.74) is 0.862. The molecule has 39 heavy (non-hydrogen) atoms. The van der Waals surface area contributed by atoms with Gasteiger partial charge >= 0.3 is 6.09 Å². The molecule has 0 radical (unpaired) electrons. The Morgan fingerprint density at radius 2 is 1.87 bits per heavy atom. The maximum Gasteiger partial charge on any atom is 0.407 e. The highest BCUT2D eigenvalue weighted by Crippen LogP contribution is 2.42. The predicted molar refractivity (Wildman–Crippen MR) is 153 cm³/mol. The van der Waals surface area contributed by atoms with E-state index in [0.29, 0.717) is 18.1 Å². The molecule has 1 saturated heterocycles. The van der Waals surface area contributed by atoms with Crippen LogP contribution >= 0.6 is 0 Å². The van der Waals surface area contributed by atoms with Crippen LogP contribution in [-0.4, -0.2) is 59.7 Å². The zero-order chi connectivity index (χ0) is 27.9. The Bertz CT molecular complexity index is 1050. The van der Waals surface area contributed by atoms with Gasteiger partial charge in [0.1, 0.15) is 11.4 Å². The van der Waals surface area contributed by atoms with Gasteiger partial charge in [-0.15, -0.1) is 0 Å². The van der Waals surface area contributed by atoms with E-state index in [1.807, 2.05) is 50.9 Å². The Morgan fingerprint density at radius 3 is 2.49 bits per heavy atom. The smallest absolute Gasteiger partial charge is 0.407 e. The zero-order valence-electron chi connectivity index (χ0n) is 24.2. The van der Waals surface area contributed by atoms with Gasteiger partial charge < -0.3 is 19.4 Å². The minimum Gasteiger partial charge on any atom is -0.459 e. The number of carbonyl (C=O) groups is 2. The summed E-state index contributed by atoms with van der Waals surface area (Å²) in [6, 6.07) is 7.48. The number of nitrogens with one attached hydrogen (secondary N) is 1. The average molecular weight is 539 g/mol. The number of aromatic nitrogens is 1. The van der Waals surface area contributed by atoms with Crippen molar-refractivity contribution < 1.29 is 18.7 Å². The first-order valence-corrected chi connectivity index (χ1v) is 14.6. The Balaban J connectivity index is 1.33. The van der Waals surface area contributed by atoms with E-state index in [2.05, 4.69) is 15.2 Å². The Labute approximate surface area is 233 Å². The van der Waals surface area contributed by atoms with E-state index in [4.69, 9.17) is 9.15 Å². The molecule has 1 saturated carbocycles. The number of furan rings is 1. The molecule has 214 valence electrons. The lowest BCUT2D eigenvalue weighted by molar-refractivity contribution is 0.0508.